The van der Waals surface area contributed by atoms with Crippen LogP contribution in [0.2, 0.25) is 0 Å². The second kappa shape index (κ2) is 8.60. The van der Waals surface area contributed by atoms with Crippen LogP contribution >= 0.6 is 11.3 Å². The van der Waals surface area contributed by atoms with Gasteiger partial charge in [-0.15, -0.1) is 11.3 Å². The van der Waals surface area contributed by atoms with E-state index in [1.165, 1.54) is 0 Å². The van der Waals surface area contributed by atoms with Gasteiger partial charge < -0.3 is 24.0 Å². The summed E-state index contributed by atoms with van der Waals surface area (Å²) in [6.45, 7) is 6.77. The van der Waals surface area contributed by atoms with Gasteiger partial charge in [0.25, 0.3) is 5.91 Å². The molecule has 0 spiro atoms. The van der Waals surface area contributed by atoms with Crippen molar-refractivity contribution in [2.75, 3.05) is 27.4 Å². The van der Waals surface area contributed by atoms with Gasteiger partial charge in [0, 0.05) is 24.7 Å². The molecule has 2 aromatic heterocycles. The van der Waals surface area contributed by atoms with Crippen LogP contribution in [0.3, 0.4) is 0 Å². The lowest BCUT2D eigenvalue weighted by Gasteiger charge is -2.32. The van der Waals surface area contributed by atoms with Crippen LogP contribution in [0.1, 0.15) is 37.0 Å². The minimum atomic E-state index is -0.322. The normalized spacial score (nSPS) is 12.8. The Morgan fingerprint density at radius 3 is 2.72 bits per heavy atom. The average molecular weight is 456 g/mol. The van der Waals surface area contributed by atoms with Crippen LogP contribution in [0.4, 0.5) is 0 Å². The number of aliphatic hydroxyl groups excluding tert-OH is 1. The van der Waals surface area contributed by atoms with Gasteiger partial charge in [0.05, 0.1) is 24.3 Å². The van der Waals surface area contributed by atoms with Gasteiger partial charge in [-0.2, -0.15) is 0 Å². The van der Waals surface area contributed by atoms with Crippen molar-refractivity contribution in [3.05, 3.63) is 41.0 Å². The number of carbonyl (C=O) groups is 1. The molecule has 1 aliphatic rings. The van der Waals surface area contributed by atoms with E-state index in [-0.39, 0.29) is 24.7 Å². The summed E-state index contributed by atoms with van der Waals surface area (Å²) in [4.78, 5) is 21.1. The van der Waals surface area contributed by atoms with Crippen LogP contribution < -0.4 is 9.47 Å². The molecule has 0 atom stereocenters. The van der Waals surface area contributed by atoms with Crippen LogP contribution in [-0.2, 0) is 13.0 Å². The molecule has 1 N–H and O–H groups in total. The molecule has 1 aliphatic heterocycles. The summed E-state index contributed by atoms with van der Waals surface area (Å²) < 4.78 is 13.3. The average Bonchev–Trinajstić information content (AvgIpc) is 3.43. The quantitative estimate of drug-likeness (QED) is 0.606. The van der Waals surface area contributed by atoms with E-state index in [1.807, 2.05) is 62.0 Å². The molecule has 1 amide bonds. The zero-order chi connectivity index (χ0) is 23.0. The van der Waals surface area contributed by atoms with E-state index in [4.69, 9.17) is 14.5 Å². The molecular weight excluding hydrogens is 426 g/mol. The number of methoxy groups -OCH3 is 1. The molecule has 0 aliphatic carbocycles. The SMILES string of the molecule is COc1cc2c(cc1OCCO)-c1c(-c3cccs3)nc(C(=O)N(C)C(C)(C)C)n1CC2. The predicted molar refractivity (Wildman–Crippen MR) is 126 cm³/mol. The Morgan fingerprint density at radius 1 is 1.31 bits per heavy atom. The molecule has 7 nitrogen and oxygen atoms in total. The number of benzene rings is 1. The molecule has 0 bridgehead atoms. The molecule has 4 rings (SSSR count). The lowest BCUT2D eigenvalue weighted by molar-refractivity contribution is 0.0638. The molecule has 32 heavy (non-hydrogen) atoms. The summed E-state index contributed by atoms with van der Waals surface area (Å²) >= 11 is 1.60. The molecule has 3 aromatic rings. The molecule has 0 unspecified atom stereocenters. The number of nitrogens with zero attached hydrogens (tertiary/aromatic N) is 3. The van der Waals surface area contributed by atoms with Crippen LogP contribution in [0.25, 0.3) is 21.8 Å². The Morgan fingerprint density at radius 2 is 2.09 bits per heavy atom. The van der Waals surface area contributed by atoms with Gasteiger partial charge in [0.2, 0.25) is 0 Å². The fourth-order valence-corrected chi connectivity index (χ4v) is 4.55. The Hall–Kier alpha value is -2.84. The maximum absolute atomic E-state index is 13.4. The van der Waals surface area contributed by atoms with Crippen LogP contribution in [0.15, 0.2) is 29.6 Å². The standard InChI is InChI=1S/C24H29N3O4S/c1-24(2,3)26(4)23(29)22-25-20(19-7-6-12-32-19)21-16-14-18(31-11-10-28)17(30-5)13-15(16)8-9-27(21)22/h6-7,12-14,28H,8-11H2,1-5H3. The van der Waals surface area contributed by atoms with Crippen molar-refractivity contribution in [1.82, 2.24) is 14.5 Å². The number of amides is 1. The first-order chi connectivity index (χ1) is 15.3. The van der Waals surface area contributed by atoms with E-state index < -0.39 is 0 Å². The number of aryl methyl sites for hydroxylation is 1. The Balaban J connectivity index is 1.92. The van der Waals surface area contributed by atoms with Crippen molar-refractivity contribution >= 4 is 17.2 Å². The van der Waals surface area contributed by atoms with E-state index in [0.29, 0.717) is 23.9 Å². The van der Waals surface area contributed by atoms with Gasteiger partial charge in [-0.25, -0.2) is 4.98 Å². The summed E-state index contributed by atoms with van der Waals surface area (Å²) in [6.07, 6.45) is 0.749. The number of hydrogen-bond donors (Lipinski definition) is 1. The minimum absolute atomic E-state index is 0.0869. The highest BCUT2D eigenvalue weighted by atomic mass is 32.1. The van der Waals surface area contributed by atoms with E-state index in [1.54, 1.807) is 23.3 Å². The summed E-state index contributed by atoms with van der Waals surface area (Å²) in [5, 5.41) is 11.2. The summed E-state index contributed by atoms with van der Waals surface area (Å²) in [6, 6.07) is 7.94. The molecule has 0 saturated heterocycles. The first-order valence-electron chi connectivity index (χ1n) is 10.6. The van der Waals surface area contributed by atoms with Crippen molar-refractivity contribution in [2.45, 2.75) is 39.3 Å². The Kier molecular flexibility index (Phi) is 6.01. The lowest BCUT2D eigenvalue weighted by Crippen LogP contribution is -2.43. The van der Waals surface area contributed by atoms with Gasteiger partial charge in [-0.1, -0.05) is 6.07 Å². The van der Waals surface area contributed by atoms with E-state index in [2.05, 4.69) is 0 Å². The second-order valence-electron chi connectivity index (χ2n) is 8.78. The number of aromatic nitrogens is 2. The fourth-order valence-electron chi connectivity index (χ4n) is 3.84. The van der Waals surface area contributed by atoms with Crippen molar-refractivity contribution in [2.24, 2.45) is 0 Å². The van der Waals surface area contributed by atoms with Crippen molar-refractivity contribution in [3.8, 4) is 33.3 Å². The van der Waals surface area contributed by atoms with Crippen LogP contribution in [-0.4, -0.2) is 58.4 Å². The van der Waals surface area contributed by atoms with Crippen molar-refractivity contribution < 1.29 is 19.4 Å². The predicted octanol–water partition coefficient (Wildman–Crippen LogP) is 4.08. The largest absolute Gasteiger partial charge is 0.493 e. The lowest BCUT2D eigenvalue weighted by atomic mass is 9.96. The Labute approximate surface area is 192 Å². The third-order valence-corrected chi connectivity index (χ3v) is 6.70. The van der Waals surface area contributed by atoms with E-state index in [9.17, 15) is 9.90 Å². The number of imidazole rings is 1. The van der Waals surface area contributed by atoms with Gasteiger partial charge in [-0.3, -0.25) is 4.79 Å². The van der Waals surface area contributed by atoms with Crippen molar-refractivity contribution in [3.63, 3.8) is 0 Å². The highest BCUT2D eigenvalue weighted by Gasteiger charge is 2.33. The van der Waals surface area contributed by atoms with E-state index >= 15 is 0 Å². The molecule has 0 radical (unpaired) electrons. The first-order valence-corrected chi connectivity index (χ1v) is 11.5. The van der Waals surface area contributed by atoms with E-state index in [0.717, 1.165) is 33.8 Å². The van der Waals surface area contributed by atoms with Crippen molar-refractivity contribution in [1.29, 1.82) is 0 Å². The maximum atomic E-state index is 13.4. The van der Waals surface area contributed by atoms with Gasteiger partial charge in [0.15, 0.2) is 17.3 Å². The molecule has 0 fully saturated rings. The molecule has 1 aromatic carbocycles. The smallest absolute Gasteiger partial charge is 0.290 e. The number of carbonyl (C=O) groups excluding carboxylic acids is 1. The minimum Gasteiger partial charge on any atom is -0.493 e. The second-order valence-corrected chi connectivity index (χ2v) is 9.73. The number of aliphatic hydroxyl groups is 1. The summed E-state index contributed by atoms with van der Waals surface area (Å²) in [7, 11) is 3.42. The zero-order valence-electron chi connectivity index (χ0n) is 19.1. The molecule has 0 saturated carbocycles. The van der Waals surface area contributed by atoms with Crippen LogP contribution in [0.5, 0.6) is 11.5 Å². The maximum Gasteiger partial charge on any atom is 0.290 e. The number of rotatable bonds is 6. The highest BCUT2D eigenvalue weighted by Crippen LogP contribution is 2.44. The van der Waals surface area contributed by atoms with Gasteiger partial charge >= 0.3 is 0 Å². The fraction of sp³-hybridized carbons (Fsp3) is 0.417. The summed E-state index contributed by atoms with van der Waals surface area (Å²) in [5.41, 5.74) is 3.48. The third-order valence-electron chi connectivity index (χ3n) is 5.82. The topological polar surface area (TPSA) is 76.8 Å². The number of fused-ring (bicyclic) bond motifs is 3. The van der Waals surface area contributed by atoms with Gasteiger partial charge in [-0.05, 0) is 56.3 Å². The number of ether oxygens (including phenoxy) is 2. The number of thiophene rings is 1. The molecular formula is C24H29N3O4S. The van der Waals surface area contributed by atoms with Gasteiger partial charge in [0.1, 0.15) is 12.3 Å². The molecule has 8 heteroatoms. The Bertz CT molecular complexity index is 1130. The summed E-state index contributed by atoms with van der Waals surface area (Å²) in [5.74, 6) is 1.54. The highest BCUT2D eigenvalue weighted by molar-refractivity contribution is 7.13. The zero-order valence-corrected chi connectivity index (χ0v) is 20.0. The molecule has 170 valence electrons. The van der Waals surface area contributed by atoms with Crippen LogP contribution in [0, 0.1) is 0 Å². The molecule has 3 heterocycles. The monoisotopic (exact) mass is 455 g/mol. The third kappa shape index (κ3) is 3.89. The number of hydrogen-bond acceptors (Lipinski definition) is 6. The first kappa shape index (κ1) is 22.4.